The smallest absolute Gasteiger partial charge is 0.264 e. The first-order valence-electron chi connectivity index (χ1n) is 34.8. The van der Waals surface area contributed by atoms with Gasteiger partial charge < -0.3 is 8.82 Å². The lowest BCUT2D eigenvalue weighted by molar-refractivity contribution is 0.500. The van der Waals surface area contributed by atoms with Gasteiger partial charge in [0.15, 0.2) is 0 Å². The van der Waals surface area contributed by atoms with E-state index in [-0.39, 0.29) is 48.9 Å². The van der Waals surface area contributed by atoms with Crippen LogP contribution in [0, 0.1) is 19.3 Å². The highest BCUT2D eigenvalue weighted by atomic mass is 16.3. The van der Waals surface area contributed by atoms with Crippen molar-refractivity contribution in [2.75, 3.05) is 0 Å². The van der Waals surface area contributed by atoms with Crippen molar-refractivity contribution in [2.24, 2.45) is 10.4 Å². The summed E-state index contributed by atoms with van der Waals surface area (Å²) in [7, 11) is 0. The fraction of sp³-hybridized carbons (Fsp3) is 0.402. The number of benzene rings is 4. The van der Waals surface area contributed by atoms with Crippen LogP contribution in [0.2, 0.25) is 0 Å². The normalized spacial score (nSPS) is 12.5. The molecule has 0 aliphatic carbocycles. The Morgan fingerprint density at radius 3 is 1.56 bits per heavy atom. The van der Waals surface area contributed by atoms with Gasteiger partial charge in [0.05, 0.1) is 46.3 Å². The Balaban J connectivity index is 0.000000181. The summed E-state index contributed by atoms with van der Waals surface area (Å²) in [6.07, 6.45) is 20.5. The molecule has 1 N–H and O–H groups in total. The number of imidazole rings is 1. The third kappa shape index (κ3) is 23.1. The molecule has 0 bridgehead atoms. The molecule has 0 radical (unpaired) electrons. The van der Waals surface area contributed by atoms with Crippen molar-refractivity contribution < 1.29 is 4.42 Å². The van der Waals surface area contributed by atoms with Crippen LogP contribution in [0.5, 0.6) is 0 Å². The van der Waals surface area contributed by atoms with Crippen molar-refractivity contribution in [3.8, 4) is 0 Å². The molecule has 12 aromatic rings. The van der Waals surface area contributed by atoms with Crippen molar-refractivity contribution in [2.45, 2.75) is 224 Å². The molecule has 1 aliphatic heterocycles. The van der Waals surface area contributed by atoms with Crippen LogP contribution in [0.3, 0.4) is 0 Å². The highest BCUT2D eigenvalue weighted by Gasteiger charge is 2.23. The number of hydrogen-bond donors (Lipinski definition) is 1. The number of allylic oxidation sites excluding steroid dienone is 2. The molecule has 100 heavy (non-hydrogen) atoms. The second kappa shape index (κ2) is 33.2. The number of aliphatic imine (C=N–C) groups is 1. The van der Waals surface area contributed by atoms with E-state index in [0.29, 0.717) is 0 Å². The third-order valence-electron chi connectivity index (χ3n) is 16.4. The van der Waals surface area contributed by atoms with Crippen molar-refractivity contribution in [1.29, 1.82) is 0 Å². The Hall–Kier alpha value is -9.36. The second-order valence-electron chi connectivity index (χ2n) is 33.7. The average Bonchev–Trinajstić information content (AvgIpc) is 1.05. The van der Waals surface area contributed by atoms with Crippen LogP contribution in [-0.4, -0.2) is 55.9 Å². The second-order valence-corrected chi connectivity index (χ2v) is 33.7. The van der Waals surface area contributed by atoms with E-state index in [1.165, 1.54) is 66.6 Å². The Morgan fingerprint density at radius 1 is 0.460 bits per heavy atom. The SMILES string of the molecule is CC(C)(C)C1=CCC=N1.CC(C)(C)c1ccc(=O)[nH]n1.CC(C)(C)c1ccnc2ccccc12.CC(C)(C)c1cnc2ccccn12.CC(C)(C)c1cncc2ccccc12.CC(C)(C)c1cnnc2ccccc12.CC(C)(C)c1coc2ccccc12.Cc1cnc(C(C)(C)C)c(C)n1. The van der Waals surface area contributed by atoms with Gasteiger partial charge in [0, 0.05) is 116 Å². The van der Waals surface area contributed by atoms with E-state index in [1.807, 2.05) is 145 Å². The van der Waals surface area contributed by atoms with Gasteiger partial charge in [-0.15, -0.1) is 0 Å². The van der Waals surface area contributed by atoms with Crippen molar-refractivity contribution in [3.63, 3.8) is 0 Å². The van der Waals surface area contributed by atoms with E-state index in [1.54, 1.807) is 6.07 Å². The summed E-state index contributed by atoms with van der Waals surface area (Å²) in [5, 5.41) is 20.7. The molecular formula is C87H113N11O2. The van der Waals surface area contributed by atoms with Crippen LogP contribution in [0.4, 0.5) is 0 Å². The summed E-state index contributed by atoms with van der Waals surface area (Å²) >= 11 is 0. The maximum Gasteiger partial charge on any atom is 0.264 e. The van der Waals surface area contributed by atoms with Gasteiger partial charge in [-0.2, -0.15) is 15.3 Å². The van der Waals surface area contributed by atoms with E-state index in [4.69, 9.17) is 4.42 Å². The first-order chi connectivity index (χ1) is 46.5. The number of pyridine rings is 3. The maximum absolute atomic E-state index is 10.6. The van der Waals surface area contributed by atoms with Gasteiger partial charge in [0.2, 0.25) is 0 Å². The number of fused-ring (bicyclic) bond motifs is 5. The third-order valence-corrected chi connectivity index (χ3v) is 16.4. The van der Waals surface area contributed by atoms with Gasteiger partial charge in [-0.25, -0.2) is 10.1 Å². The monoisotopic (exact) mass is 1340 g/mol. The van der Waals surface area contributed by atoms with Gasteiger partial charge >= 0.3 is 0 Å². The number of aromatic nitrogens is 10. The summed E-state index contributed by atoms with van der Waals surface area (Å²) in [5.41, 5.74) is 16.7. The van der Waals surface area contributed by atoms with E-state index >= 15 is 0 Å². The molecule has 528 valence electrons. The summed E-state index contributed by atoms with van der Waals surface area (Å²) < 4.78 is 7.61. The largest absolute Gasteiger partial charge is 0.464 e. The number of aryl methyl sites for hydroxylation is 2. The summed E-state index contributed by atoms with van der Waals surface area (Å²) in [6, 6.07) is 44.4. The van der Waals surface area contributed by atoms with Crippen LogP contribution in [-0.2, 0) is 37.9 Å². The molecule has 9 heterocycles. The quantitative estimate of drug-likeness (QED) is 0.154. The molecule has 0 spiro atoms. The molecule has 1 aliphatic rings. The van der Waals surface area contributed by atoms with Crippen LogP contribution in [0.15, 0.2) is 209 Å². The Kier molecular flexibility index (Phi) is 26.4. The van der Waals surface area contributed by atoms with Crippen molar-refractivity contribution >= 4 is 55.4 Å². The van der Waals surface area contributed by atoms with Crippen molar-refractivity contribution in [1.82, 2.24) is 49.7 Å². The molecule has 0 saturated heterocycles. The maximum atomic E-state index is 10.6. The number of furan rings is 1. The average molecular weight is 1340 g/mol. The van der Waals surface area contributed by atoms with E-state index in [0.717, 1.165) is 51.5 Å². The van der Waals surface area contributed by atoms with Crippen molar-refractivity contribution in [3.05, 3.63) is 256 Å². The Labute approximate surface area is 597 Å². The molecule has 0 saturated carbocycles. The van der Waals surface area contributed by atoms with Crippen LogP contribution < -0.4 is 5.56 Å². The molecular weight excluding hydrogens is 1230 g/mol. The molecule has 13 rings (SSSR count). The Morgan fingerprint density at radius 2 is 1.02 bits per heavy atom. The molecule has 0 fully saturated rings. The molecule has 8 aromatic heterocycles. The van der Waals surface area contributed by atoms with E-state index < -0.39 is 0 Å². The lowest BCUT2D eigenvalue weighted by atomic mass is 9.85. The van der Waals surface area contributed by atoms with Gasteiger partial charge in [0.1, 0.15) is 11.2 Å². The molecule has 13 nitrogen and oxygen atoms in total. The fourth-order valence-electron chi connectivity index (χ4n) is 11.1. The van der Waals surface area contributed by atoms with Crippen LogP contribution >= 0.6 is 0 Å². The number of hydrogen-bond acceptors (Lipinski definition) is 11. The first-order valence-corrected chi connectivity index (χ1v) is 34.8. The zero-order chi connectivity index (χ0) is 74.2. The zero-order valence-corrected chi connectivity index (χ0v) is 65.0. The summed E-state index contributed by atoms with van der Waals surface area (Å²) in [4.78, 5) is 36.6. The predicted octanol–water partition coefficient (Wildman–Crippen LogP) is 22.2. The number of nitrogens with zero attached hydrogens (tertiary/aromatic N) is 10. The molecule has 13 heteroatoms. The van der Waals surface area contributed by atoms with Gasteiger partial charge in [-0.1, -0.05) is 257 Å². The number of aromatic amines is 1. The number of nitrogens with one attached hydrogen (secondary N) is 1. The molecule has 0 atom stereocenters. The van der Waals surface area contributed by atoms with Crippen LogP contribution in [0.25, 0.3) is 49.2 Å². The van der Waals surface area contributed by atoms with Gasteiger partial charge in [-0.3, -0.25) is 29.7 Å². The summed E-state index contributed by atoms with van der Waals surface area (Å²) in [5.74, 6) is 0. The van der Waals surface area contributed by atoms with E-state index in [2.05, 4.69) is 273 Å². The molecule has 0 amide bonds. The van der Waals surface area contributed by atoms with E-state index in [9.17, 15) is 4.79 Å². The lowest BCUT2D eigenvalue weighted by Gasteiger charge is -2.20. The minimum atomic E-state index is -0.155. The highest BCUT2D eigenvalue weighted by molar-refractivity contribution is 5.86. The predicted molar refractivity (Wildman–Crippen MR) is 422 cm³/mol. The Bertz CT molecular complexity index is 4390. The van der Waals surface area contributed by atoms with Crippen LogP contribution in [0.1, 0.15) is 223 Å². The summed E-state index contributed by atoms with van der Waals surface area (Å²) in [6.45, 7) is 56.2. The van der Waals surface area contributed by atoms with Gasteiger partial charge in [-0.05, 0) is 100 Å². The topological polar surface area (TPSA) is 166 Å². The lowest BCUT2D eigenvalue weighted by Crippen LogP contribution is -2.17. The fourth-order valence-corrected chi connectivity index (χ4v) is 11.1. The molecule has 4 aromatic carbocycles. The minimum absolute atomic E-state index is 0.00417. The number of H-pyrrole nitrogens is 1. The first kappa shape index (κ1) is 79.6. The molecule has 0 unspecified atom stereocenters. The standard InChI is InChI=1S/2C13H15N.C12H14N2.C12H14O.C11H14N2.C10H16N2.C8H12N2O.C8H13N/c1-13(2,3)12-9-14-8-10-6-4-5-7-11(10)12;1-13(2,3)11-8-9-14-12-7-5-4-6-10(11)12;1-12(2,3)10-8-13-14-11-7-5-4-6-9(10)11;1-12(2,3)10-8-13-11-7-5-4-6-9(10)11;1-11(2,3)9-8-12-10-6-4-5-7-13(9)10;1-7-6-11-9(8(2)12-7)10(3,4)5;1-8(2,3)6-4-5-7(11)10-9-6;1-8(2,3)7-5-4-6-9-7/h2*4-9H,1-3H3;4-8H,1-3H3;2*4-8H,1-3H3;6H,1-5H3;4-5H,1-3H3,(H,10,11);5-6H,4H2,1-3H3. The number of rotatable bonds is 0. The highest BCUT2D eigenvalue weighted by Crippen LogP contribution is 2.34. The minimum Gasteiger partial charge on any atom is -0.464 e. The number of para-hydroxylation sites is 2. The zero-order valence-electron chi connectivity index (χ0n) is 65.0. The van der Waals surface area contributed by atoms with Gasteiger partial charge in [0.25, 0.3) is 5.56 Å².